The lowest BCUT2D eigenvalue weighted by atomic mass is 10.0. The second kappa shape index (κ2) is 39.3. The summed E-state index contributed by atoms with van der Waals surface area (Å²) >= 11 is 1.42. The van der Waals surface area contributed by atoms with Gasteiger partial charge in [0.25, 0.3) is 0 Å². The molecule has 0 radical (unpaired) electrons. The molecular weight excluding hydrogens is 767 g/mol. The van der Waals surface area contributed by atoms with Crippen LogP contribution in [0, 0.1) is 0 Å². The second-order valence-electron chi connectivity index (χ2n) is 13.3. The summed E-state index contributed by atoms with van der Waals surface area (Å²) in [6.07, 6.45) is 14.5. The molecule has 0 fully saturated rings. The highest BCUT2D eigenvalue weighted by Crippen LogP contribution is 2.13. The number of carboxylic acid groups (broad SMARTS) is 2. The van der Waals surface area contributed by atoms with Gasteiger partial charge in [0.2, 0.25) is 29.5 Å². The molecule has 0 bridgehead atoms. The van der Waals surface area contributed by atoms with Gasteiger partial charge in [-0.3, -0.25) is 28.8 Å². The van der Waals surface area contributed by atoms with E-state index in [9.17, 15) is 38.7 Å². The van der Waals surface area contributed by atoms with Crippen molar-refractivity contribution in [3.63, 3.8) is 0 Å². The Labute approximate surface area is 341 Å². The van der Waals surface area contributed by atoms with E-state index in [2.05, 4.69) is 26.6 Å². The molecule has 0 aliphatic carbocycles. The van der Waals surface area contributed by atoms with Crippen molar-refractivity contribution in [2.75, 3.05) is 91.0 Å². The van der Waals surface area contributed by atoms with Crippen LogP contribution in [0.5, 0.6) is 0 Å². The number of carbonyl (C=O) groups is 7. The smallest absolute Gasteiger partial charge is 0.326 e. The third-order valence-corrected chi connectivity index (χ3v) is 8.78. The number of thioether (sulfide) groups is 1. The molecule has 18 nitrogen and oxygen atoms in total. The number of nitrogens with one attached hydrogen (secondary N) is 5. The summed E-state index contributed by atoms with van der Waals surface area (Å²) in [6.45, 7) is 2.11. The van der Waals surface area contributed by atoms with E-state index in [0.29, 0.717) is 25.3 Å². The molecule has 5 amide bonds. The van der Waals surface area contributed by atoms with Crippen molar-refractivity contribution in [2.45, 2.75) is 109 Å². The molecule has 57 heavy (non-hydrogen) atoms. The predicted octanol–water partition coefficient (Wildman–Crippen LogP) is 1.78. The van der Waals surface area contributed by atoms with E-state index in [1.807, 2.05) is 6.26 Å². The SMILES string of the molecule is CSCC(=O)NCCNC(=O)COCCOCCNC(=O)COCCOCCNC(=O)CC[C@H](NC(=O)CCCCCCCCCCCCCCC(=O)O)C(=O)O. The molecule has 0 spiro atoms. The third-order valence-electron chi connectivity index (χ3n) is 8.23. The van der Waals surface area contributed by atoms with Crippen LogP contribution in [0.15, 0.2) is 0 Å². The van der Waals surface area contributed by atoms with Gasteiger partial charge in [0.15, 0.2) is 0 Å². The molecule has 0 unspecified atom stereocenters. The summed E-state index contributed by atoms with van der Waals surface area (Å²) in [7, 11) is 0. The van der Waals surface area contributed by atoms with Crippen molar-refractivity contribution in [1.82, 2.24) is 26.6 Å². The Morgan fingerprint density at radius 3 is 1.37 bits per heavy atom. The monoisotopic (exact) mass is 835 g/mol. The lowest BCUT2D eigenvalue weighted by Gasteiger charge is -2.14. The Bertz CT molecular complexity index is 1120. The minimum atomic E-state index is -1.19. The van der Waals surface area contributed by atoms with Crippen LogP contribution in [0.25, 0.3) is 0 Å². The van der Waals surface area contributed by atoms with Crippen LogP contribution < -0.4 is 26.6 Å². The van der Waals surface area contributed by atoms with E-state index >= 15 is 0 Å². The quantitative estimate of drug-likeness (QED) is 0.0434. The molecule has 0 aromatic heterocycles. The van der Waals surface area contributed by atoms with Gasteiger partial charge in [0.1, 0.15) is 19.3 Å². The highest BCUT2D eigenvalue weighted by Gasteiger charge is 2.20. The van der Waals surface area contributed by atoms with Crippen molar-refractivity contribution in [1.29, 1.82) is 0 Å². The van der Waals surface area contributed by atoms with E-state index < -0.39 is 18.0 Å². The average Bonchev–Trinajstić information content (AvgIpc) is 3.17. The molecule has 7 N–H and O–H groups in total. The zero-order chi connectivity index (χ0) is 42.2. The first-order valence-corrected chi connectivity index (χ1v) is 21.5. The Balaban J connectivity index is 3.66. The molecule has 0 saturated carbocycles. The fraction of sp³-hybridized carbons (Fsp3) is 0.816. The van der Waals surface area contributed by atoms with E-state index in [1.54, 1.807) is 0 Å². The minimum Gasteiger partial charge on any atom is -0.481 e. The number of unbranched alkanes of at least 4 members (excludes halogenated alkanes) is 11. The Kier molecular flexibility index (Phi) is 36.9. The predicted molar refractivity (Wildman–Crippen MR) is 215 cm³/mol. The van der Waals surface area contributed by atoms with Gasteiger partial charge in [-0.05, 0) is 25.5 Å². The molecule has 330 valence electrons. The van der Waals surface area contributed by atoms with Crippen LogP contribution >= 0.6 is 11.8 Å². The van der Waals surface area contributed by atoms with Crippen LogP contribution in [0.4, 0.5) is 0 Å². The second-order valence-corrected chi connectivity index (χ2v) is 14.2. The first-order valence-electron chi connectivity index (χ1n) is 20.2. The maximum Gasteiger partial charge on any atom is 0.326 e. The number of aliphatic carboxylic acids is 2. The molecule has 0 rings (SSSR count). The van der Waals surface area contributed by atoms with Crippen LogP contribution in [0.2, 0.25) is 0 Å². The molecule has 0 aromatic carbocycles. The van der Waals surface area contributed by atoms with Crippen LogP contribution in [0.1, 0.15) is 103 Å². The molecule has 0 aliphatic rings. The first kappa shape index (κ1) is 53.5. The minimum absolute atomic E-state index is 0.0316. The maximum atomic E-state index is 12.3. The van der Waals surface area contributed by atoms with Crippen LogP contribution in [0.3, 0.4) is 0 Å². The molecule has 0 aromatic rings. The Morgan fingerprint density at radius 1 is 0.474 bits per heavy atom. The molecular formula is C38H69N5O13S. The fourth-order valence-electron chi connectivity index (χ4n) is 5.20. The summed E-state index contributed by atoms with van der Waals surface area (Å²) in [5, 5.41) is 31.2. The third kappa shape index (κ3) is 39.1. The zero-order valence-electron chi connectivity index (χ0n) is 33.9. The average molecular weight is 836 g/mol. The summed E-state index contributed by atoms with van der Waals surface area (Å²) in [4.78, 5) is 81.4. The maximum absolute atomic E-state index is 12.3. The van der Waals surface area contributed by atoms with E-state index in [1.165, 1.54) is 31.0 Å². The zero-order valence-corrected chi connectivity index (χ0v) is 34.7. The summed E-state index contributed by atoms with van der Waals surface area (Å²) in [5.74, 6) is -2.95. The van der Waals surface area contributed by atoms with Crippen molar-refractivity contribution in [2.24, 2.45) is 0 Å². The van der Waals surface area contributed by atoms with Crippen LogP contribution in [-0.2, 0) is 52.5 Å². The van der Waals surface area contributed by atoms with Crippen molar-refractivity contribution in [3.05, 3.63) is 0 Å². The lowest BCUT2D eigenvalue weighted by Crippen LogP contribution is -2.41. The summed E-state index contributed by atoms with van der Waals surface area (Å²) < 4.78 is 21.2. The molecule has 0 aliphatic heterocycles. The summed E-state index contributed by atoms with van der Waals surface area (Å²) in [6, 6.07) is -1.15. The molecule has 1 atom stereocenters. The van der Waals surface area contributed by atoms with Crippen LogP contribution in [-0.4, -0.2) is 149 Å². The van der Waals surface area contributed by atoms with Gasteiger partial charge in [-0.2, -0.15) is 11.8 Å². The normalized spacial score (nSPS) is 11.4. The van der Waals surface area contributed by atoms with Crippen molar-refractivity contribution >= 4 is 53.2 Å². The van der Waals surface area contributed by atoms with Gasteiger partial charge in [-0.15, -0.1) is 0 Å². The lowest BCUT2D eigenvalue weighted by molar-refractivity contribution is -0.142. The van der Waals surface area contributed by atoms with Gasteiger partial charge < -0.3 is 55.7 Å². The molecule has 0 saturated heterocycles. The molecule has 19 heteroatoms. The number of hydrogen-bond donors (Lipinski definition) is 7. The Morgan fingerprint density at radius 2 is 0.895 bits per heavy atom. The van der Waals surface area contributed by atoms with E-state index in [4.69, 9.17) is 24.1 Å². The molecule has 0 heterocycles. The number of ether oxygens (including phenoxy) is 4. The van der Waals surface area contributed by atoms with Gasteiger partial charge in [0.05, 0.1) is 45.4 Å². The first-order chi connectivity index (χ1) is 27.5. The number of carbonyl (C=O) groups excluding carboxylic acids is 5. The fourth-order valence-corrected chi connectivity index (χ4v) is 5.56. The standard InChI is InChI=1S/C38H69N5O13S/c1-57-30-36(48)40-19-18-39-34(46)28-55-26-25-54-23-21-42-35(47)29-56-27-24-53-22-20-41-32(44)17-16-31(38(51)52)43-33(45)14-12-10-8-6-4-2-3-5-7-9-11-13-15-37(49)50/h31H,2-30H2,1H3,(H,39,46)(H,40,48)(H,41,44)(H,42,47)(H,43,45)(H,49,50)(H,51,52)/t31-/m0/s1. The van der Waals surface area contributed by atoms with E-state index in [0.717, 1.165) is 51.4 Å². The number of hydrogen-bond acceptors (Lipinski definition) is 12. The topological polar surface area (TPSA) is 257 Å². The van der Waals surface area contributed by atoms with E-state index in [-0.39, 0.29) is 121 Å². The number of rotatable bonds is 41. The van der Waals surface area contributed by atoms with Gasteiger partial charge >= 0.3 is 11.9 Å². The Hall–Kier alpha value is -3.52. The van der Waals surface area contributed by atoms with Gasteiger partial charge in [-0.25, -0.2) is 4.79 Å². The van der Waals surface area contributed by atoms with Crippen molar-refractivity contribution < 1.29 is 62.7 Å². The van der Waals surface area contributed by atoms with Gasteiger partial charge in [-0.1, -0.05) is 64.2 Å². The number of carboxylic acids is 2. The highest BCUT2D eigenvalue weighted by atomic mass is 32.2. The largest absolute Gasteiger partial charge is 0.481 e. The van der Waals surface area contributed by atoms with Gasteiger partial charge in [0, 0.05) is 45.4 Å². The summed E-state index contributed by atoms with van der Waals surface area (Å²) in [5.41, 5.74) is 0. The highest BCUT2D eigenvalue weighted by molar-refractivity contribution is 7.99. The number of amides is 5. The van der Waals surface area contributed by atoms with Crippen molar-refractivity contribution in [3.8, 4) is 0 Å².